The molecule has 1 amide bonds. The molecule has 0 unspecified atom stereocenters. The molecule has 136 valence electrons. The number of ether oxygens (including phenoxy) is 1. The highest BCUT2D eigenvalue weighted by molar-refractivity contribution is 5.94. The number of hydrogen-bond acceptors (Lipinski definition) is 5. The summed E-state index contributed by atoms with van der Waals surface area (Å²) in [7, 11) is 0. The predicted octanol–water partition coefficient (Wildman–Crippen LogP) is 2.76. The van der Waals surface area contributed by atoms with Gasteiger partial charge in [-0.3, -0.25) is 9.78 Å². The van der Waals surface area contributed by atoms with Crippen molar-refractivity contribution >= 4 is 11.7 Å². The lowest BCUT2D eigenvalue weighted by atomic mass is 10.1. The molecular weight excluding hydrogens is 328 g/mol. The lowest BCUT2D eigenvalue weighted by molar-refractivity contribution is 0.0594. The first-order chi connectivity index (χ1) is 12.8. The lowest BCUT2D eigenvalue weighted by Gasteiger charge is -2.32. The van der Waals surface area contributed by atoms with Gasteiger partial charge in [0.05, 0.1) is 11.8 Å². The van der Waals surface area contributed by atoms with Crippen molar-refractivity contribution in [3.8, 4) is 5.75 Å². The quantitative estimate of drug-likeness (QED) is 0.847. The second-order valence-electron chi connectivity index (χ2n) is 6.90. The topological polar surface area (TPSA) is 58.6 Å². The number of pyridine rings is 2. The molecule has 6 heteroatoms. The van der Waals surface area contributed by atoms with Gasteiger partial charge in [-0.1, -0.05) is 0 Å². The van der Waals surface area contributed by atoms with Crippen LogP contribution in [-0.4, -0.2) is 53.1 Å². The van der Waals surface area contributed by atoms with Gasteiger partial charge in [-0.15, -0.1) is 0 Å². The highest BCUT2D eigenvalue weighted by Crippen LogP contribution is 2.21. The molecule has 0 saturated carbocycles. The number of likely N-dealkylation sites (tertiary alicyclic amines) is 1. The molecule has 2 aromatic heterocycles. The van der Waals surface area contributed by atoms with Gasteiger partial charge in [-0.2, -0.15) is 0 Å². The molecule has 0 spiro atoms. The molecule has 0 atom stereocenters. The number of amides is 1. The molecule has 6 nitrogen and oxygen atoms in total. The first kappa shape index (κ1) is 16.8. The van der Waals surface area contributed by atoms with Crippen LogP contribution in [0.5, 0.6) is 5.75 Å². The average molecular weight is 352 g/mol. The van der Waals surface area contributed by atoms with Crippen LogP contribution in [0, 0.1) is 0 Å². The van der Waals surface area contributed by atoms with Crippen molar-refractivity contribution in [1.29, 1.82) is 0 Å². The molecule has 0 radical (unpaired) electrons. The Hall–Kier alpha value is -2.63. The van der Waals surface area contributed by atoms with Gasteiger partial charge >= 0.3 is 0 Å². The minimum absolute atomic E-state index is 0.0605. The first-order valence-corrected chi connectivity index (χ1v) is 9.36. The van der Waals surface area contributed by atoms with Crippen molar-refractivity contribution in [3.05, 3.63) is 48.4 Å². The maximum Gasteiger partial charge on any atom is 0.255 e. The summed E-state index contributed by atoms with van der Waals surface area (Å²) < 4.78 is 5.94. The summed E-state index contributed by atoms with van der Waals surface area (Å²) in [4.78, 5) is 25.5. The number of anilines is 1. The zero-order chi connectivity index (χ0) is 17.8. The summed E-state index contributed by atoms with van der Waals surface area (Å²) in [5, 5.41) is 0. The Balaban J connectivity index is 1.31. The van der Waals surface area contributed by atoms with Crippen molar-refractivity contribution in [3.63, 3.8) is 0 Å². The third-order valence-electron chi connectivity index (χ3n) is 5.09. The summed E-state index contributed by atoms with van der Waals surface area (Å²) in [6.07, 6.45) is 9.42. The standard InChI is InChI=1S/C20H24N4O2/c25-20(16-5-6-19(22-14-16)23-10-1-2-11-23)24-12-7-17(8-13-24)26-18-4-3-9-21-15-18/h3-6,9,14-15,17H,1-2,7-8,10-13H2. The maximum absolute atomic E-state index is 12.7. The zero-order valence-electron chi connectivity index (χ0n) is 14.9. The highest BCUT2D eigenvalue weighted by Gasteiger charge is 2.25. The Bertz CT molecular complexity index is 721. The fraction of sp³-hybridized carbons (Fsp3) is 0.450. The van der Waals surface area contributed by atoms with Crippen molar-refractivity contribution < 1.29 is 9.53 Å². The predicted molar refractivity (Wildman–Crippen MR) is 99.5 cm³/mol. The Morgan fingerprint density at radius 2 is 1.85 bits per heavy atom. The SMILES string of the molecule is O=C(c1ccc(N2CCCC2)nc1)N1CCC(Oc2cccnc2)CC1. The van der Waals surface area contributed by atoms with E-state index in [1.54, 1.807) is 18.6 Å². The molecule has 2 fully saturated rings. The number of carbonyl (C=O) groups is 1. The van der Waals surface area contributed by atoms with E-state index >= 15 is 0 Å². The van der Waals surface area contributed by atoms with E-state index < -0.39 is 0 Å². The normalized spacial score (nSPS) is 18.2. The van der Waals surface area contributed by atoms with Crippen molar-refractivity contribution in [1.82, 2.24) is 14.9 Å². The first-order valence-electron chi connectivity index (χ1n) is 9.36. The molecule has 2 aromatic rings. The number of hydrogen-bond donors (Lipinski definition) is 0. The van der Waals surface area contributed by atoms with Gasteiger partial charge in [-0.05, 0) is 37.1 Å². The number of carbonyl (C=O) groups excluding carboxylic acids is 1. The van der Waals surface area contributed by atoms with Crippen LogP contribution in [0.25, 0.3) is 0 Å². The molecule has 0 bridgehead atoms. The van der Waals surface area contributed by atoms with Crippen LogP contribution in [0.1, 0.15) is 36.0 Å². The van der Waals surface area contributed by atoms with Gasteiger partial charge in [0.1, 0.15) is 17.7 Å². The van der Waals surface area contributed by atoms with Gasteiger partial charge in [0, 0.05) is 51.4 Å². The van der Waals surface area contributed by atoms with Crippen molar-refractivity contribution in [2.45, 2.75) is 31.8 Å². The van der Waals surface area contributed by atoms with Gasteiger partial charge in [0.25, 0.3) is 5.91 Å². The number of nitrogens with zero attached hydrogens (tertiary/aromatic N) is 4. The van der Waals surface area contributed by atoms with Crippen molar-refractivity contribution in [2.75, 3.05) is 31.1 Å². The molecule has 4 rings (SSSR count). The largest absolute Gasteiger partial charge is 0.489 e. The fourth-order valence-electron chi connectivity index (χ4n) is 3.61. The Labute approximate surface area is 153 Å². The summed E-state index contributed by atoms with van der Waals surface area (Å²) >= 11 is 0. The minimum atomic E-state index is 0.0605. The van der Waals surface area contributed by atoms with E-state index in [9.17, 15) is 4.79 Å². The summed E-state index contributed by atoms with van der Waals surface area (Å²) in [5.74, 6) is 1.83. The number of piperidine rings is 1. The lowest BCUT2D eigenvalue weighted by Crippen LogP contribution is -2.41. The fourth-order valence-corrected chi connectivity index (χ4v) is 3.61. The van der Waals surface area contributed by atoms with Gasteiger partial charge in [0.2, 0.25) is 0 Å². The van der Waals surface area contributed by atoms with E-state index in [0.717, 1.165) is 37.5 Å². The molecule has 2 aliphatic rings. The average Bonchev–Trinajstić information content (AvgIpc) is 3.24. The molecule has 2 aliphatic heterocycles. The van der Waals surface area contributed by atoms with Gasteiger partial charge in [0.15, 0.2) is 0 Å². The van der Waals surface area contributed by atoms with Gasteiger partial charge in [-0.25, -0.2) is 4.98 Å². The van der Waals surface area contributed by atoms with Crippen LogP contribution in [0.2, 0.25) is 0 Å². The van der Waals surface area contributed by atoms with Crippen molar-refractivity contribution in [2.24, 2.45) is 0 Å². The number of aromatic nitrogens is 2. The third kappa shape index (κ3) is 3.79. The molecule has 0 aliphatic carbocycles. The monoisotopic (exact) mass is 352 g/mol. The van der Waals surface area contributed by atoms with Crippen LogP contribution in [0.3, 0.4) is 0 Å². The summed E-state index contributed by atoms with van der Waals surface area (Å²) in [6, 6.07) is 7.66. The van der Waals surface area contributed by atoms with Crippen LogP contribution in [-0.2, 0) is 0 Å². The molecule has 0 N–H and O–H groups in total. The highest BCUT2D eigenvalue weighted by atomic mass is 16.5. The van der Waals surface area contributed by atoms with Crippen LogP contribution in [0.4, 0.5) is 5.82 Å². The molecule has 4 heterocycles. The summed E-state index contributed by atoms with van der Waals surface area (Å²) in [6.45, 7) is 3.53. The second kappa shape index (κ2) is 7.72. The Morgan fingerprint density at radius 1 is 1.04 bits per heavy atom. The Kier molecular flexibility index (Phi) is 5.00. The van der Waals surface area contributed by atoms with Gasteiger partial charge < -0.3 is 14.5 Å². The van der Waals surface area contributed by atoms with E-state index in [2.05, 4.69) is 14.9 Å². The minimum Gasteiger partial charge on any atom is -0.489 e. The maximum atomic E-state index is 12.7. The second-order valence-corrected chi connectivity index (χ2v) is 6.90. The van der Waals surface area contributed by atoms with Crippen LogP contribution < -0.4 is 9.64 Å². The summed E-state index contributed by atoms with van der Waals surface area (Å²) in [5.41, 5.74) is 0.666. The van der Waals surface area contributed by atoms with E-state index in [0.29, 0.717) is 18.7 Å². The van der Waals surface area contributed by atoms with Crippen LogP contribution in [0.15, 0.2) is 42.9 Å². The Morgan fingerprint density at radius 3 is 2.50 bits per heavy atom. The molecule has 2 saturated heterocycles. The third-order valence-corrected chi connectivity index (χ3v) is 5.09. The smallest absolute Gasteiger partial charge is 0.255 e. The number of rotatable bonds is 4. The zero-order valence-corrected chi connectivity index (χ0v) is 14.9. The van der Waals surface area contributed by atoms with E-state index in [1.807, 2.05) is 29.2 Å². The van der Waals surface area contributed by atoms with E-state index in [1.165, 1.54) is 12.8 Å². The molecule has 0 aromatic carbocycles. The van der Waals surface area contributed by atoms with E-state index in [-0.39, 0.29) is 12.0 Å². The van der Waals surface area contributed by atoms with E-state index in [4.69, 9.17) is 4.74 Å². The molecular formula is C20H24N4O2. The van der Waals surface area contributed by atoms with Crippen LogP contribution >= 0.6 is 0 Å². The molecule has 26 heavy (non-hydrogen) atoms.